The van der Waals surface area contributed by atoms with E-state index in [4.69, 9.17) is 5.84 Å². The van der Waals surface area contributed by atoms with Crippen LogP contribution in [0.2, 0.25) is 0 Å². The van der Waals surface area contributed by atoms with E-state index in [1.807, 2.05) is 6.92 Å². The SMILES string of the molecule is CCn1ncc(Br)c1C(CCOCC(F)(F)F)NN. The molecule has 0 fully saturated rings. The second-order valence-electron chi connectivity index (χ2n) is 3.87. The molecule has 1 unspecified atom stereocenters. The minimum absolute atomic E-state index is 0.0459. The summed E-state index contributed by atoms with van der Waals surface area (Å²) in [5, 5.41) is 4.12. The van der Waals surface area contributed by atoms with Crippen molar-refractivity contribution < 1.29 is 17.9 Å². The quantitative estimate of drug-likeness (QED) is 0.452. The van der Waals surface area contributed by atoms with Gasteiger partial charge in [0.15, 0.2) is 0 Å². The van der Waals surface area contributed by atoms with Crippen LogP contribution in [0.3, 0.4) is 0 Å². The lowest BCUT2D eigenvalue weighted by molar-refractivity contribution is -0.174. The predicted octanol–water partition coefficient (Wildman–Crippen LogP) is 2.14. The molecule has 110 valence electrons. The Bertz CT molecular complexity index is 397. The van der Waals surface area contributed by atoms with Gasteiger partial charge >= 0.3 is 6.18 Å². The molecule has 1 heterocycles. The largest absolute Gasteiger partial charge is 0.411 e. The fraction of sp³-hybridized carbons (Fsp3) is 0.700. The maximum Gasteiger partial charge on any atom is 0.411 e. The van der Waals surface area contributed by atoms with Crippen LogP contribution in [-0.2, 0) is 11.3 Å². The molecular weight excluding hydrogens is 329 g/mol. The molecule has 0 amide bonds. The Hall–Kier alpha value is -0.640. The first-order valence-electron chi connectivity index (χ1n) is 5.70. The van der Waals surface area contributed by atoms with Crippen LogP contribution < -0.4 is 11.3 Å². The Morgan fingerprint density at radius 2 is 2.26 bits per heavy atom. The van der Waals surface area contributed by atoms with E-state index in [9.17, 15) is 13.2 Å². The van der Waals surface area contributed by atoms with Gasteiger partial charge in [0.25, 0.3) is 0 Å². The summed E-state index contributed by atoms with van der Waals surface area (Å²) in [5.74, 6) is 5.43. The normalized spacial score (nSPS) is 13.8. The molecule has 0 bridgehead atoms. The van der Waals surface area contributed by atoms with Gasteiger partial charge in [0.2, 0.25) is 0 Å². The molecule has 0 saturated heterocycles. The van der Waals surface area contributed by atoms with E-state index in [0.29, 0.717) is 13.0 Å². The molecule has 5 nitrogen and oxygen atoms in total. The van der Waals surface area contributed by atoms with Crippen LogP contribution in [-0.4, -0.2) is 29.2 Å². The number of halogens is 4. The van der Waals surface area contributed by atoms with Crippen molar-refractivity contribution in [3.8, 4) is 0 Å². The number of ether oxygens (including phenoxy) is 1. The van der Waals surface area contributed by atoms with Gasteiger partial charge in [0.05, 0.1) is 22.4 Å². The van der Waals surface area contributed by atoms with Crippen LogP contribution in [0.1, 0.15) is 25.1 Å². The Labute approximate surface area is 117 Å². The molecule has 9 heteroatoms. The summed E-state index contributed by atoms with van der Waals surface area (Å²) in [5.41, 5.74) is 3.36. The lowest BCUT2D eigenvalue weighted by Crippen LogP contribution is -2.31. The second-order valence-corrected chi connectivity index (χ2v) is 4.72. The number of nitrogens with one attached hydrogen (secondary N) is 1. The third-order valence-electron chi connectivity index (χ3n) is 2.48. The molecule has 0 radical (unpaired) electrons. The molecule has 1 rings (SSSR count). The number of hydrogen-bond donors (Lipinski definition) is 2. The summed E-state index contributed by atoms with van der Waals surface area (Å²) < 4.78 is 42.8. The Morgan fingerprint density at radius 1 is 1.58 bits per heavy atom. The van der Waals surface area contributed by atoms with E-state index in [1.54, 1.807) is 10.9 Å². The van der Waals surface area contributed by atoms with Crippen LogP contribution in [0.4, 0.5) is 13.2 Å². The summed E-state index contributed by atoms with van der Waals surface area (Å²) >= 11 is 3.34. The van der Waals surface area contributed by atoms with Gasteiger partial charge in [-0.2, -0.15) is 18.3 Å². The number of rotatable bonds is 7. The summed E-state index contributed by atoms with van der Waals surface area (Å²) in [4.78, 5) is 0. The first-order chi connectivity index (χ1) is 8.89. The van der Waals surface area contributed by atoms with Gasteiger partial charge in [-0.3, -0.25) is 16.0 Å². The van der Waals surface area contributed by atoms with E-state index >= 15 is 0 Å². The highest BCUT2D eigenvalue weighted by Crippen LogP contribution is 2.25. The van der Waals surface area contributed by atoms with E-state index in [0.717, 1.165) is 10.2 Å². The Kier molecular flexibility index (Phi) is 6.24. The zero-order valence-electron chi connectivity index (χ0n) is 10.4. The number of hydrazine groups is 1. The molecule has 0 spiro atoms. The van der Waals surface area contributed by atoms with E-state index in [1.165, 1.54) is 0 Å². The Morgan fingerprint density at radius 3 is 2.79 bits per heavy atom. The first kappa shape index (κ1) is 16.4. The maximum absolute atomic E-state index is 11.9. The molecule has 0 aromatic carbocycles. The van der Waals surface area contributed by atoms with Crippen molar-refractivity contribution >= 4 is 15.9 Å². The highest BCUT2D eigenvalue weighted by Gasteiger charge is 2.27. The molecule has 1 aromatic heterocycles. The summed E-state index contributed by atoms with van der Waals surface area (Å²) in [7, 11) is 0. The van der Waals surface area contributed by atoms with Crippen LogP contribution in [0.25, 0.3) is 0 Å². The van der Waals surface area contributed by atoms with Gasteiger partial charge in [-0.25, -0.2) is 0 Å². The molecule has 1 atom stereocenters. The summed E-state index contributed by atoms with van der Waals surface area (Å²) in [6, 6.07) is -0.329. The lowest BCUT2D eigenvalue weighted by Gasteiger charge is -2.18. The van der Waals surface area contributed by atoms with Gasteiger partial charge in [-0.1, -0.05) is 0 Å². The zero-order valence-corrected chi connectivity index (χ0v) is 12.0. The maximum atomic E-state index is 11.9. The van der Waals surface area contributed by atoms with Crippen molar-refractivity contribution in [1.29, 1.82) is 0 Å². The molecule has 0 aliphatic rings. The molecular formula is C10H16BrF3N4O. The fourth-order valence-electron chi connectivity index (χ4n) is 1.66. The smallest absolute Gasteiger partial charge is 0.372 e. The number of alkyl halides is 3. The third-order valence-corrected chi connectivity index (χ3v) is 3.09. The molecule has 3 N–H and O–H groups in total. The van der Waals surface area contributed by atoms with Crippen LogP contribution in [0.5, 0.6) is 0 Å². The number of nitrogens with two attached hydrogens (primary N) is 1. The zero-order chi connectivity index (χ0) is 14.5. The van der Waals surface area contributed by atoms with E-state index in [-0.39, 0.29) is 12.6 Å². The van der Waals surface area contributed by atoms with Crippen LogP contribution in [0.15, 0.2) is 10.7 Å². The van der Waals surface area contributed by atoms with Crippen molar-refractivity contribution in [1.82, 2.24) is 15.2 Å². The number of aromatic nitrogens is 2. The van der Waals surface area contributed by atoms with Crippen LogP contribution >= 0.6 is 15.9 Å². The van der Waals surface area contributed by atoms with E-state index in [2.05, 4.69) is 31.2 Å². The van der Waals surface area contributed by atoms with Crippen molar-refractivity contribution in [2.75, 3.05) is 13.2 Å². The van der Waals surface area contributed by atoms with Gasteiger partial charge in [0.1, 0.15) is 6.61 Å². The van der Waals surface area contributed by atoms with Crippen molar-refractivity contribution in [2.24, 2.45) is 5.84 Å². The van der Waals surface area contributed by atoms with E-state index < -0.39 is 12.8 Å². The number of nitrogens with zero attached hydrogens (tertiary/aromatic N) is 2. The van der Waals surface area contributed by atoms with Gasteiger partial charge in [-0.05, 0) is 29.3 Å². The van der Waals surface area contributed by atoms with Crippen molar-refractivity contribution in [3.63, 3.8) is 0 Å². The molecule has 19 heavy (non-hydrogen) atoms. The third kappa shape index (κ3) is 5.09. The van der Waals surface area contributed by atoms with Gasteiger partial charge in [-0.15, -0.1) is 0 Å². The standard InChI is InChI=1S/C10H16BrF3N4O/c1-2-18-9(7(11)5-16-18)8(17-15)3-4-19-6-10(12,13)14/h5,8,17H,2-4,6,15H2,1H3. The van der Waals surface area contributed by atoms with Gasteiger partial charge in [0, 0.05) is 13.2 Å². The molecule has 1 aromatic rings. The van der Waals surface area contributed by atoms with Crippen molar-refractivity contribution in [3.05, 3.63) is 16.4 Å². The second kappa shape index (κ2) is 7.22. The minimum atomic E-state index is -4.31. The Balaban J connectivity index is 2.56. The first-order valence-corrected chi connectivity index (χ1v) is 6.50. The number of aryl methyl sites for hydroxylation is 1. The van der Waals surface area contributed by atoms with Gasteiger partial charge < -0.3 is 4.74 Å². The molecule has 0 saturated carbocycles. The molecule has 0 aliphatic heterocycles. The highest BCUT2D eigenvalue weighted by atomic mass is 79.9. The minimum Gasteiger partial charge on any atom is -0.372 e. The highest BCUT2D eigenvalue weighted by molar-refractivity contribution is 9.10. The fourth-order valence-corrected chi connectivity index (χ4v) is 2.23. The summed E-state index contributed by atoms with van der Waals surface area (Å²) in [6.07, 6.45) is -2.37. The van der Waals surface area contributed by atoms with Crippen LogP contribution in [0, 0.1) is 0 Å². The topological polar surface area (TPSA) is 65.1 Å². The lowest BCUT2D eigenvalue weighted by atomic mass is 10.1. The number of hydrogen-bond acceptors (Lipinski definition) is 4. The molecule has 0 aliphatic carbocycles. The predicted molar refractivity (Wildman–Crippen MR) is 67.2 cm³/mol. The average molecular weight is 345 g/mol. The monoisotopic (exact) mass is 344 g/mol. The average Bonchev–Trinajstić information content (AvgIpc) is 2.70. The summed E-state index contributed by atoms with van der Waals surface area (Å²) in [6.45, 7) is 1.26. The van der Waals surface area contributed by atoms with Crippen molar-refractivity contribution in [2.45, 2.75) is 32.1 Å².